The van der Waals surface area contributed by atoms with Gasteiger partial charge in [0.1, 0.15) is 5.82 Å². The summed E-state index contributed by atoms with van der Waals surface area (Å²) in [4.78, 5) is 4.49. The second-order valence-corrected chi connectivity index (χ2v) is 5.47. The Morgan fingerprint density at radius 2 is 2.11 bits per heavy atom. The highest BCUT2D eigenvalue weighted by Gasteiger charge is 2.12. The number of pyridine rings is 1. The van der Waals surface area contributed by atoms with Crippen molar-refractivity contribution in [3.05, 3.63) is 47.1 Å². The first-order valence-corrected chi connectivity index (χ1v) is 7.08. The zero-order chi connectivity index (χ0) is 12.4. The molecule has 0 amide bonds. The monoisotopic (exact) mass is 302 g/mol. The van der Waals surface area contributed by atoms with Crippen molar-refractivity contribution in [1.82, 2.24) is 4.98 Å². The maximum atomic E-state index is 4.49. The number of hydrogen-bond acceptors (Lipinski definition) is 2. The van der Waals surface area contributed by atoms with Gasteiger partial charge in [0.15, 0.2) is 0 Å². The lowest BCUT2D eigenvalue weighted by molar-refractivity contribution is 0.643. The fourth-order valence-electron chi connectivity index (χ4n) is 2.40. The second-order valence-electron chi connectivity index (χ2n) is 4.62. The van der Waals surface area contributed by atoms with Crippen molar-refractivity contribution in [2.24, 2.45) is 0 Å². The van der Waals surface area contributed by atoms with Gasteiger partial charge in [-0.2, -0.15) is 0 Å². The molecule has 18 heavy (non-hydrogen) atoms. The van der Waals surface area contributed by atoms with Gasteiger partial charge >= 0.3 is 0 Å². The molecule has 1 aromatic carbocycles. The summed E-state index contributed by atoms with van der Waals surface area (Å²) in [6, 6.07) is 8.79. The zero-order valence-electron chi connectivity index (χ0n) is 10.1. The summed E-state index contributed by atoms with van der Waals surface area (Å²) in [5, 5.41) is 5.96. The maximum absolute atomic E-state index is 4.49. The third kappa shape index (κ3) is 2.27. The number of benzene rings is 1. The van der Waals surface area contributed by atoms with Crippen molar-refractivity contribution in [1.29, 1.82) is 0 Å². The average molecular weight is 303 g/mol. The number of anilines is 1. The van der Waals surface area contributed by atoms with Crippen molar-refractivity contribution in [3.8, 4) is 0 Å². The fourth-order valence-corrected chi connectivity index (χ4v) is 2.90. The lowest BCUT2D eigenvalue weighted by Gasteiger charge is -2.21. The van der Waals surface area contributed by atoms with Crippen LogP contribution in [0.3, 0.4) is 0 Å². The summed E-state index contributed by atoms with van der Waals surface area (Å²) in [7, 11) is 0. The molecule has 1 heterocycles. The molecule has 92 valence electrons. The smallest absolute Gasteiger partial charge is 0.134 e. The van der Waals surface area contributed by atoms with Crippen molar-refractivity contribution in [2.45, 2.75) is 25.3 Å². The normalized spacial score (nSPS) is 19.1. The Bertz CT molecular complexity index is 592. The van der Waals surface area contributed by atoms with Gasteiger partial charge in [0, 0.05) is 27.5 Å². The lowest BCUT2D eigenvalue weighted by atomic mass is 10.0. The van der Waals surface area contributed by atoms with Crippen LogP contribution in [0.5, 0.6) is 0 Å². The van der Waals surface area contributed by atoms with Crippen LogP contribution in [0.2, 0.25) is 0 Å². The summed E-state index contributed by atoms with van der Waals surface area (Å²) in [6.45, 7) is 0. The first-order chi connectivity index (χ1) is 8.84. The van der Waals surface area contributed by atoms with E-state index in [2.05, 4.69) is 56.6 Å². The first-order valence-electron chi connectivity index (χ1n) is 6.29. The predicted octanol–water partition coefficient (Wildman–Crippen LogP) is 4.52. The molecule has 1 aromatic heterocycles. The number of halogens is 1. The van der Waals surface area contributed by atoms with Gasteiger partial charge in [-0.05, 0) is 31.4 Å². The third-order valence-electron chi connectivity index (χ3n) is 3.36. The van der Waals surface area contributed by atoms with Crippen LogP contribution in [0.25, 0.3) is 10.8 Å². The largest absolute Gasteiger partial charge is 0.367 e. The SMILES string of the molecule is Brc1cccc2c(NC3CC=CCC3)nccc12. The van der Waals surface area contributed by atoms with E-state index in [-0.39, 0.29) is 0 Å². The van der Waals surface area contributed by atoms with Gasteiger partial charge in [-0.15, -0.1) is 0 Å². The van der Waals surface area contributed by atoms with Gasteiger partial charge in [-0.1, -0.05) is 40.2 Å². The molecule has 1 unspecified atom stereocenters. The molecule has 1 N–H and O–H groups in total. The summed E-state index contributed by atoms with van der Waals surface area (Å²) in [5.41, 5.74) is 0. The molecule has 0 fully saturated rings. The minimum absolute atomic E-state index is 0.507. The van der Waals surface area contributed by atoms with Crippen LogP contribution in [0, 0.1) is 0 Å². The topological polar surface area (TPSA) is 24.9 Å². The lowest BCUT2D eigenvalue weighted by Crippen LogP contribution is -2.21. The van der Waals surface area contributed by atoms with Crippen LogP contribution >= 0.6 is 15.9 Å². The van der Waals surface area contributed by atoms with E-state index in [9.17, 15) is 0 Å². The van der Waals surface area contributed by atoms with Crippen molar-refractivity contribution < 1.29 is 0 Å². The Morgan fingerprint density at radius 3 is 2.94 bits per heavy atom. The van der Waals surface area contributed by atoms with E-state index in [4.69, 9.17) is 0 Å². The molecule has 2 aromatic rings. The summed E-state index contributed by atoms with van der Waals surface area (Å²) >= 11 is 3.59. The van der Waals surface area contributed by atoms with E-state index in [1.165, 1.54) is 17.2 Å². The first kappa shape index (κ1) is 11.7. The minimum Gasteiger partial charge on any atom is -0.367 e. The number of rotatable bonds is 2. The molecule has 0 bridgehead atoms. The van der Waals surface area contributed by atoms with Crippen molar-refractivity contribution in [3.63, 3.8) is 0 Å². The van der Waals surface area contributed by atoms with Crippen LogP contribution in [0.1, 0.15) is 19.3 Å². The molecule has 3 heteroatoms. The van der Waals surface area contributed by atoms with Crippen molar-refractivity contribution >= 4 is 32.5 Å². The molecular weight excluding hydrogens is 288 g/mol. The number of allylic oxidation sites excluding steroid dienone is 1. The number of nitrogens with one attached hydrogen (secondary N) is 1. The van der Waals surface area contributed by atoms with Gasteiger partial charge in [0.25, 0.3) is 0 Å². The van der Waals surface area contributed by atoms with Crippen LogP contribution in [0.4, 0.5) is 5.82 Å². The summed E-state index contributed by atoms with van der Waals surface area (Å²) in [6.07, 6.45) is 9.81. The second kappa shape index (κ2) is 5.11. The van der Waals surface area contributed by atoms with Crippen LogP contribution in [-0.2, 0) is 0 Å². The van der Waals surface area contributed by atoms with Gasteiger partial charge < -0.3 is 5.32 Å². The Balaban J connectivity index is 1.96. The standard InChI is InChI=1S/C15H15BrN2/c16-14-8-4-7-13-12(14)9-10-17-15(13)18-11-5-2-1-3-6-11/h1-2,4,7-11H,3,5-6H2,(H,17,18). The van der Waals surface area contributed by atoms with E-state index < -0.39 is 0 Å². The molecule has 0 aliphatic heterocycles. The van der Waals surface area contributed by atoms with E-state index in [0.717, 1.165) is 23.1 Å². The molecule has 2 nitrogen and oxygen atoms in total. The summed E-state index contributed by atoms with van der Waals surface area (Å²) < 4.78 is 1.12. The molecule has 1 atom stereocenters. The van der Waals surface area contributed by atoms with E-state index in [1.54, 1.807) is 0 Å². The Hall–Kier alpha value is -1.35. The Labute approximate surface area is 115 Å². The highest BCUT2D eigenvalue weighted by molar-refractivity contribution is 9.10. The zero-order valence-corrected chi connectivity index (χ0v) is 11.7. The highest BCUT2D eigenvalue weighted by atomic mass is 79.9. The molecular formula is C15H15BrN2. The molecule has 1 aliphatic carbocycles. The highest BCUT2D eigenvalue weighted by Crippen LogP contribution is 2.28. The van der Waals surface area contributed by atoms with Crippen LogP contribution < -0.4 is 5.32 Å². The Kier molecular flexibility index (Phi) is 3.33. The number of aromatic nitrogens is 1. The molecule has 0 saturated heterocycles. The van der Waals surface area contributed by atoms with Crippen LogP contribution in [-0.4, -0.2) is 11.0 Å². The minimum atomic E-state index is 0.507. The van der Waals surface area contributed by atoms with E-state index >= 15 is 0 Å². The van der Waals surface area contributed by atoms with E-state index in [1.807, 2.05) is 12.3 Å². The van der Waals surface area contributed by atoms with Gasteiger partial charge in [-0.3, -0.25) is 0 Å². The fraction of sp³-hybridized carbons (Fsp3) is 0.267. The van der Waals surface area contributed by atoms with Gasteiger partial charge in [0.05, 0.1) is 0 Å². The quantitative estimate of drug-likeness (QED) is 0.825. The number of hydrogen-bond donors (Lipinski definition) is 1. The van der Waals surface area contributed by atoms with Gasteiger partial charge in [0.2, 0.25) is 0 Å². The molecule has 1 aliphatic rings. The predicted molar refractivity (Wildman–Crippen MR) is 79.8 cm³/mol. The van der Waals surface area contributed by atoms with Gasteiger partial charge in [-0.25, -0.2) is 4.98 Å². The molecule has 0 radical (unpaired) electrons. The Morgan fingerprint density at radius 1 is 1.17 bits per heavy atom. The van der Waals surface area contributed by atoms with Crippen molar-refractivity contribution in [2.75, 3.05) is 5.32 Å². The summed E-state index contributed by atoms with van der Waals surface area (Å²) in [5.74, 6) is 0.995. The molecule has 3 rings (SSSR count). The maximum Gasteiger partial charge on any atom is 0.134 e. The number of fused-ring (bicyclic) bond motifs is 1. The average Bonchev–Trinajstić information content (AvgIpc) is 2.41. The molecule has 0 spiro atoms. The van der Waals surface area contributed by atoms with E-state index in [0.29, 0.717) is 6.04 Å². The third-order valence-corrected chi connectivity index (χ3v) is 4.05. The number of nitrogens with zero attached hydrogens (tertiary/aromatic N) is 1. The molecule has 0 saturated carbocycles. The van der Waals surface area contributed by atoms with Crippen LogP contribution in [0.15, 0.2) is 47.1 Å².